The van der Waals surface area contributed by atoms with Crippen LogP contribution < -0.4 is 9.64 Å². The summed E-state index contributed by atoms with van der Waals surface area (Å²) in [6.07, 6.45) is 5.10. The maximum absolute atomic E-state index is 13.2. The zero-order valence-corrected chi connectivity index (χ0v) is 22.9. The fourth-order valence-electron chi connectivity index (χ4n) is 5.67. The number of carbonyl (C=O) groups is 1. The third-order valence-electron chi connectivity index (χ3n) is 7.34. The molecule has 1 amide bonds. The Morgan fingerprint density at radius 3 is 2.46 bits per heavy atom. The molecular formula is C29H38N4O4. The van der Waals surface area contributed by atoms with Gasteiger partial charge >= 0.3 is 6.09 Å². The van der Waals surface area contributed by atoms with Crippen molar-refractivity contribution in [2.75, 3.05) is 31.6 Å². The third-order valence-corrected chi connectivity index (χ3v) is 7.34. The van der Waals surface area contributed by atoms with Gasteiger partial charge in [0.25, 0.3) is 0 Å². The molecule has 0 bridgehead atoms. The number of hydrogen-bond acceptors (Lipinski definition) is 7. The van der Waals surface area contributed by atoms with Crippen LogP contribution in [-0.2, 0) is 4.74 Å². The molecule has 3 aromatic rings. The lowest BCUT2D eigenvalue weighted by Crippen LogP contribution is -2.37. The number of piperidine rings is 1. The van der Waals surface area contributed by atoms with Crippen LogP contribution in [0.3, 0.4) is 0 Å². The van der Waals surface area contributed by atoms with Crippen molar-refractivity contribution >= 4 is 22.8 Å². The summed E-state index contributed by atoms with van der Waals surface area (Å²) in [7, 11) is 1.68. The maximum Gasteiger partial charge on any atom is 0.410 e. The molecule has 0 aliphatic carbocycles. The second-order valence-corrected chi connectivity index (χ2v) is 11.2. The van der Waals surface area contributed by atoms with Crippen LogP contribution in [0.5, 0.6) is 5.75 Å². The molecule has 2 aliphatic rings. The minimum Gasteiger partial charge on any atom is -0.496 e. The largest absolute Gasteiger partial charge is 0.496 e. The van der Waals surface area contributed by atoms with Crippen LogP contribution in [0.2, 0.25) is 0 Å². The Hall–Kier alpha value is -3.29. The number of ether oxygens (including phenoxy) is 2. The van der Waals surface area contributed by atoms with Crippen molar-refractivity contribution in [1.29, 1.82) is 0 Å². The number of carbonyl (C=O) groups excluding carboxylic acids is 1. The van der Waals surface area contributed by atoms with Gasteiger partial charge in [-0.15, -0.1) is 0 Å². The van der Waals surface area contributed by atoms with Gasteiger partial charge in [0.05, 0.1) is 29.9 Å². The summed E-state index contributed by atoms with van der Waals surface area (Å²) in [4.78, 5) is 22.7. The average molecular weight is 507 g/mol. The lowest BCUT2D eigenvalue weighted by atomic mass is 9.97. The summed E-state index contributed by atoms with van der Waals surface area (Å²) in [5, 5.41) is 5.15. The van der Waals surface area contributed by atoms with Crippen LogP contribution in [0, 0.1) is 13.8 Å². The lowest BCUT2D eigenvalue weighted by Gasteiger charge is -2.34. The van der Waals surface area contributed by atoms with Crippen molar-refractivity contribution < 1.29 is 18.8 Å². The Balaban J connectivity index is 1.66. The normalized spacial score (nSPS) is 18.5. The van der Waals surface area contributed by atoms with E-state index in [1.807, 2.05) is 45.6 Å². The van der Waals surface area contributed by atoms with Crippen LogP contribution in [-0.4, -0.2) is 53.5 Å². The van der Waals surface area contributed by atoms with Crippen molar-refractivity contribution in [3.8, 4) is 16.9 Å². The quantitative estimate of drug-likeness (QED) is 0.395. The molecule has 198 valence electrons. The summed E-state index contributed by atoms with van der Waals surface area (Å²) in [5.41, 5.74) is 4.12. The molecule has 4 heterocycles. The average Bonchev–Trinajstić information content (AvgIpc) is 3.48. The minimum atomic E-state index is -0.540. The van der Waals surface area contributed by atoms with Crippen molar-refractivity contribution in [1.82, 2.24) is 15.0 Å². The van der Waals surface area contributed by atoms with Crippen LogP contribution in [0.15, 0.2) is 22.7 Å². The van der Waals surface area contributed by atoms with E-state index in [0.29, 0.717) is 6.54 Å². The van der Waals surface area contributed by atoms with Gasteiger partial charge < -0.3 is 23.8 Å². The van der Waals surface area contributed by atoms with Gasteiger partial charge in [0.2, 0.25) is 0 Å². The highest BCUT2D eigenvalue weighted by molar-refractivity contribution is 5.91. The number of amides is 1. The highest BCUT2D eigenvalue weighted by atomic mass is 16.6. The van der Waals surface area contributed by atoms with Gasteiger partial charge in [-0.1, -0.05) is 5.16 Å². The van der Waals surface area contributed by atoms with Crippen molar-refractivity contribution in [3.63, 3.8) is 0 Å². The van der Waals surface area contributed by atoms with E-state index in [2.05, 4.69) is 22.2 Å². The number of fused-ring (bicyclic) bond motifs is 1. The third kappa shape index (κ3) is 4.98. The van der Waals surface area contributed by atoms with E-state index in [0.717, 1.165) is 89.4 Å². The van der Waals surface area contributed by atoms with E-state index in [4.69, 9.17) is 19.0 Å². The molecule has 5 rings (SSSR count). The topological polar surface area (TPSA) is 80.9 Å². The minimum absolute atomic E-state index is 0.0757. The molecule has 1 aromatic carbocycles. The molecule has 1 unspecified atom stereocenters. The number of methoxy groups -OCH3 is 1. The number of hydrogen-bond donors (Lipinski definition) is 0. The Morgan fingerprint density at radius 1 is 1.05 bits per heavy atom. The molecule has 8 heteroatoms. The molecule has 0 saturated carbocycles. The number of aromatic nitrogens is 2. The molecule has 1 atom stereocenters. The van der Waals surface area contributed by atoms with E-state index < -0.39 is 5.60 Å². The van der Waals surface area contributed by atoms with E-state index in [1.54, 1.807) is 7.11 Å². The van der Waals surface area contributed by atoms with E-state index >= 15 is 0 Å². The van der Waals surface area contributed by atoms with Crippen LogP contribution in [0.4, 0.5) is 10.6 Å². The summed E-state index contributed by atoms with van der Waals surface area (Å²) in [6, 6.07) is 6.27. The standard InChI is InChI=1S/C29H38N4O4/c1-18-26(19(2)37-31-18)22-16-20-15-21(24-11-10-14-33(24)28(34)36-29(3,4)5)27(32-12-8-7-9-13-32)30-23(20)17-25(22)35-6/h15-17,24H,7-14H2,1-6H3. The predicted octanol–water partition coefficient (Wildman–Crippen LogP) is 6.58. The second kappa shape index (κ2) is 9.88. The Bertz CT molecular complexity index is 1280. The lowest BCUT2D eigenvalue weighted by molar-refractivity contribution is 0.0224. The summed E-state index contributed by atoms with van der Waals surface area (Å²) in [5.74, 6) is 2.46. The number of rotatable bonds is 4. The number of aryl methyl sites for hydroxylation is 2. The smallest absolute Gasteiger partial charge is 0.410 e. The van der Waals surface area contributed by atoms with Crippen molar-refractivity contribution in [2.45, 2.75) is 78.4 Å². The first-order chi connectivity index (χ1) is 17.7. The monoisotopic (exact) mass is 506 g/mol. The van der Waals surface area contributed by atoms with Gasteiger partial charge in [-0.05, 0) is 78.9 Å². The van der Waals surface area contributed by atoms with Gasteiger partial charge in [0.15, 0.2) is 0 Å². The first-order valence-electron chi connectivity index (χ1n) is 13.4. The first kappa shape index (κ1) is 25.4. The molecule has 2 saturated heterocycles. The molecule has 2 aliphatic heterocycles. The number of nitrogens with zero attached hydrogens (tertiary/aromatic N) is 4. The Kier molecular flexibility index (Phi) is 6.77. The van der Waals surface area contributed by atoms with Crippen molar-refractivity contribution in [2.24, 2.45) is 0 Å². The molecule has 0 radical (unpaired) electrons. The van der Waals surface area contributed by atoms with Crippen LogP contribution in [0.1, 0.15) is 75.9 Å². The SMILES string of the molecule is COc1cc2nc(N3CCCCC3)c(C3CCCN3C(=O)OC(C)(C)C)cc2cc1-c1c(C)noc1C. The Morgan fingerprint density at radius 2 is 1.81 bits per heavy atom. The number of pyridine rings is 1. The fourth-order valence-corrected chi connectivity index (χ4v) is 5.67. The van der Waals surface area contributed by atoms with Crippen LogP contribution >= 0.6 is 0 Å². The van der Waals surface area contributed by atoms with Crippen LogP contribution in [0.25, 0.3) is 22.0 Å². The maximum atomic E-state index is 13.2. The number of anilines is 1. The van der Waals surface area contributed by atoms with E-state index in [1.165, 1.54) is 6.42 Å². The molecule has 0 spiro atoms. The first-order valence-corrected chi connectivity index (χ1v) is 13.4. The van der Waals surface area contributed by atoms with Gasteiger partial charge in [0.1, 0.15) is 22.9 Å². The van der Waals surface area contributed by atoms with E-state index in [9.17, 15) is 4.79 Å². The Labute approximate surface area is 218 Å². The highest BCUT2D eigenvalue weighted by Gasteiger charge is 2.36. The molecular weight excluding hydrogens is 468 g/mol. The summed E-state index contributed by atoms with van der Waals surface area (Å²) in [6.45, 7) is 12.2. The molecule has 0 N–H and O–H groups in total. The summed E-state index contributed by atoms with van der Waals surface area (Å²) >= 11 is 0. The highest BCUT2D eigenvalue weighted by Crippen LogP contribution is 2.42. The van der Waals surface area contributed by atoms with Crippen molar-refractivity contribution in [3.05, 3.63) is 35.2 Å². The number of benzene rings is 1. The zero-order valence-electron chi connectivity index (χ0n) is 22.9. The number of likely N-dealkylation sites (tertiary alicyclic amines) is 1. The molecule has 37 heavy (non-hydrogen) atoms. The molecule has 8 nitrogen and oxygen atoms in total. The molecule has 2 fully saturated rings. The second-order valence-electron chi connectivity index (χ2n) is 11.2. The zero-order chi connectivity index (χ0) is 26.3. The fraction of sp³-hybridized carbons (Fsp3) is 0.552. The predicted molar refractivity (Wildman–Crippen MR) is 144 cm³/mol. The van der Waals surface area contributed by atoms with Gasteiger partial charge in [0, 0.05) is 42.2 Å². The van der Waals surface area contributed by atoms with Gasteiger partial charge in [-0.25, -0.2) is 9.78 Å². The summed E-state index contributed by atoms with van der Waals surface area (Å²) < 4.78 is 17.1. The van der Waals surface area contributed by atoms with Gasteiger partial charge in [-0.3, -0.25) is 0 Å². The van der Waals surface area contributed by atoms with Gasteiger partial charge in [-0.2, -0.15) is 0 Å². The van der Waals surface area contributed by atoms with E-state index in [-0.39, 0.29) is 12.1 Å². The molecule has 2 aromatic heterocycles.